The van der Waals surface area contributed by atoms with Crippen molar-refractivity contribution >= 4 is 38.8 Å². The molecule has 0 fully saturated rings. The lowest BCUT2D eigenvalue weighted by Gasteiger charge is -2.19. The largest absolute Gasteiger partial charge is 0.497 e. The molecule has 6 heteroatoms. The lowest BCUT2D eigenvalue weighted by Crippen LogP contribution is -2.25. The fourth-order valence-corrected chi connectivity index (χ4v) is 4.15. The molecule has 0 radical (unpaired) electrons. The molecule has 1 aromatic heterocycles. The van der Waals surface area contributed by atoms with Crippen molar-refractivity contribution in [2.24, 2.45) is 5.10 Å². The molecular weight excluding hydrogens is 418 g/mol. The number of thiazole rings is 1. The fourth-order valence-electron chi connectivity index (χ4n) is 3.20. The van der Waals surface area contributed by atoms with E-state index in [0.717, 1.165) is 21.5 Å². The number of fused-ring (bicyclic) bond motifs is 1. The minimum Gasteiger partial charge on any atom is -0.497 e. The summed E-state index contributed by atoms with van der Waals surface area (Å²) in [5.74, 6) is 0.514. The molecule has 0 unspecified atom stereocenters. The Kier molecular flexibility index (Phi) is 6.06. The average molecular weight is 444 g/mol. The quantitative estimate of drug-likeness (QED) is 0.269. The van der Waals surface area contributed by atoms with E-state index in [0.29, 0.717) is 10.7 Å². The number of rotatable bonds is 5. The molecule has 3 aromatic carbocycles. The molecule has 0 saturated heterocycles. The molecule has 0 aliphatic heterocycles. The highest BCUT2D eigenvalue weighted by Crippen LogP contribution is 2.32. The number of anilines is 1. The van der Waals surface area contributed by atoms with Gasteiger partial charge in [0, 0.05) is 5.56 Å². The monoisotopic (exact) mass is 443 g/mol. The summed E-state index contributed by atoms with van der Waals surface area (Å²) in [4.78, 5) is 18.1. The van der Waals surface area contributed by atoms with E-state index < -0.39 is 0 Å². The van der Waals surface area contributed by atoms with Gasteiger partial charge in [-0.15, -0.1) is 0 Å². The minimum atomic E-state index is -0.233. The normalized spacial score (nSPS) is 11.8. The van der Waals surface area contributed by atoms with Gasteiger partial charge in [-0.25, -0.2) is 4.98 Å². The third-order valence-corrected chi connectivity index (χ3v) is 6.07. The topological polar surface area (TPSA) is 54.8 Å². The molecule has 0 saturated carbocycles. The van der Waals surface area contributed by atoms with E-state index >= 15 is 0 Å². The number of aromatic nitrogens is 1. The molecule has 4 rings (SSSR count). The Labute approximate surface area is 192 Å². The first-order valence-electron chi connectivity index (χ1n) is 10.3. The smallest absolute Gasteiger partial charge is 0.280 e. The number of hydrogen-bond acceptors (Lipinski definition) is 5. The van der Waals surface area contributed by atoms with Crippen LogP contribution in [0.5, 0.6) is 5.75 Å². The highest BCUT2D eigenvalue weighted by atomic mass is 32.1. The van der Waals surface area contributed by atoms with E-state index in [1.807, 2.05) is 72.8 Å². The van der Waals surface area contributed by atoms with Crippen molar-refractivity contribution in [1.82, 2.24) is 4.98 Å². The van der Waals surface area contributed by atoms with Crippen LogP contribution in [0, 0.1) is 0 Å². The van der Waals surface area contributed by atoms with Crippen molar-refractivity contribution in [3.05, 3.63) is 89.5 Å². The first-order valence-corrected chi connectivity index (χ1v) is 11.2. The molecule has 1 heterocycles. The second-order valence-electron chi connectivity index (χ2n) is 8.43. The summed E-state index contributed by atoms with van der Waals surface area (Å²) in [7, 11) is 1.63. The van der Waals surface area contributed by atoms with Gasteiger partial charge in [-0.2, -0.15) is 10.1 Å². The van der Waals surface area contributed by atoms with Crippen molar-refractivity contribution < 1.29 is 9.53 Å². The Bertz CT molecular complexity index is 1260. The summed E-state index contributed by atoms with van der Waals surface area (Å²) in [6, 6.07) is 23.0. The molecule has 0 aliphatic rings. The van der Waals surface area contributed by atoms with Gasteiger partial charge in [0.2, 0.25) is 5.13 Å². The van der Waals surface area contributed by atoms with Crippen LogP contribution in [0.4, 0.5) is 5.13 Å². The maximum Gasteiger partial charge on any atom is 0.280 e. The van der Waals surface area contributed by atoms with Gasteiger partial charge in [0.05, 0.1) is 23.5 Å². The van der Waals surface area contributed by atoms with E-state index in [1.165, 1.54) is 21.9 Å². The molecule has 0 atom stereocenters. The van der Waals surface area contributed by atoms with Gasteiger partial charge in [0.25, 0.3) is 5.91 Å². The Hall–Kier alpha value is -3.51. The van der Waals surface area contributed by atoms with Crippen molar-refractivity contribution in [3.63, 3.8) is 0 Å². The van der Waals surface area contributed by atoms with Gasteiger partial charge in [-0.3, -0.25) is 4.79 Å². The van der Waals surface area contributed by atoms with E-state index in [9.17, 15) is 4.79 Å². The fraction of sp³-hybridized carbons (Fsp3) is 0.192. The number of hydrazone groups is 1. The predicted molar refractivity (Wildman–Crippen MR) is 132 cm³/mol. The van der Waals surface area contributed by atoms with Gasteiger partial charge in [-0.05, 0) is 46.9 Å². The standard InChI is InChI=1S/C26H25N3O2S/c1-26(2,3)20-12-10-19(11-13-20)24(30)29(27-17-18-8-6-5-7-9-18)25-28-22-15-14-21(31-4)16-23(22)32-25/h5-17H,1-4H3/b27-17+. The second-order valence-corrected chi connectivity index (χ2v) is 9.44. The van der Waals surface area contributed by atoms with Crippen molar-refractivity contribution in [3.8, 4) is 5.75 Å². The summed E-state index contributed by atoms with van der Waals surface area (Å²) in [6.45, 7) is 6.45. The molecule has 162 valence electrons. The van der Waals surface area contributed by atoms with E-state index in [2.05, 4.69) is 30.9 Å². The average Bonchev–Trinajstić information content (AvgIpc) is 3.22. The predicted octanol–water partition coefficient (Wildman–Crippen LogP) is 6.28. The molecule has 5 nitrogen and oxygen atoms in total. The summed E-state index contributed by atoms with van der Waals surface area (Å²) in [6.07, 6.45) is 1.67. The molecule has 32 heavy (non-hydrogen) atoms. The van der Waals surface area contributed by atoms with Crippen molar-refractivity contribution in [1.29, 1.82) is 0 Å². The molecule has 0 spiro atoms. The van der Waals surface area contributed by atoms with E-state index in [-0.39, 0.29) is 11.3 Å². The van der Waals surface area contributed by atoms with Crippen LogP contribution in [-0.4, -0.2) is 24.2 Å². The molecule has 0 bridgehead atoms. The number of carbonyl (C=O) groups excluding carboxylic acids is 1. The molecule has 0 N–H and O–H groups in total. The second kappa shape index (κ2) is 8.93. The van der Waals surface area contributed by atoms with Crippen molar-refractivity contribution in [2.75, 3.05) is 12.1 Å². The maximum atomic E-state index is 13.5. The third-order valence-electron chi connectivity index (χ3n) is 5.08. The number of hydrogen-bond donors (Lipinski definition) is 0. The summed E-state index contributed by atoms with van der Waals surface area (Å²) in [5.41, 5.74) is 3.43. The Morgan fingerprint density at radius 2 is 1.75 bits per heavy atom. The van der Waals surface area contributed by atoms with Crippen LogP contribution in [0.25, 0.3) is 10.2 Å². The Balaban J connectivity index is 1.73. The Morgan fingerprint density at radius 1 is 1.03 bits per heavy atom. The van der Waals surface area contributed by atoms with Crippen LogP contribution in [0.1, 0.15) is 42.3 Å². The third kappa shape index (κ3) is 4.70. The number of amides is 1. The minimum absolute atomic E-state index is 0.0127. The first kappa shape index (κ1) is 21.7. The molecule has 4 aromatic rings. The van der Waals surface area contributed by atoms with Crippen LogP contribution in [0.2, 0.25) is 0 Å². The van der Waals surface area contributed by atoms with Gasteiger partial charge in [0.15, 0.2) is 0 Å². The molecule has 0 aliphatic carbocycles. The first-order chi connectivity index (χ1) is 15.3. The number of ether oxygens (including phenoxy) is 1. The van der Waals surface area contributed by atoms with Gasteiger partial charge >= 0.3 is 0 Å². The van der Waals surface area contributed by atoms with Crippen molar-refractivity contribution in [2.45, 2.75) is 26.2 Å². The highest BCUT2D eigenvalue weighted by Gasteiger charge is 2.22. The van der Waals surface area contributed by atoms with E-state index in [1.54, 1.807) is 13.3 Å². The molecular formula is C26H25N3O2S. The van der Waals surface area contributed by atoms with Gasteiger partial charge in [-0.1, -0.05) is 74.6 Å². The molecule has 1 amide bonds. The SMILES string of the molecule is COc1ccc2nc(N(/N=C/c3ccccc3)C(=O)c3ccc(C(C)(C)C)cc3)sc2c1. The maximum absolute atomic E-state index is 13.5. The highest BCUT2D eigenvalue weighted by molar-refractivity contribution is 7.22. The number of benzene rings is 3. The summed E-state index contributed by atoms with van der Waals surface area (Å²) < 4.78 is 6.25. The zero-order valence-electron chi connectivity index (χ0n) is 18.6. The van der Waals surface area contributed by atoms with Gasteiger partial charge in [0.1, 0.15) is 5.75 Å². The Morgan fingerprint density at radius 3 is 2.41 bits per heavy atom. The lowest BCUT2D eigenvalue weighted by molar-refractivity contribution is 0.0988. The number of methoxy groups -OCH3 is 1. The number of nitrogens with zero attached hydrogens (tertiary/aromatic N) is 3. The number of carbonyl (C=O) groups is 1. The summed E-state index contributed by atoms with van der Waals surface area (Å²) >= 11 is 1.40. The van der Waals surface area contributed by atoms with Gasteiger partial charge < -0.3 is 4.74 Å². The zero-order valence-corrected chi connectivity index (χ0v) is 19.4. The van der Waals surface area contributed by atoms with Crippen LogP contribution in [0.3, 0.4) is 0 Å². The van der Waals surface area contributed by atoms with Crippen LogP contribution in [0.15, 0.2) is 77.9 Å². The zero-order chi connectivity index (χ0) is 22.7. The van der Waals surface area contributed by atoms with Crippen LogP contribution in [-0.2, 0) is 5.41 Å². The van der Waals surface area contributed by atoms with Crippen LogP contribution >= 0.6 is 11.3 Å². The van der Waals surface area contributed by atoms with Crippen LogP contribution < -0.4 is 9.75 Å². The lowest BCUT2D eigenvalue weighted by atomic mass is 9.87. The summed E-state index contributed by atoms with van der Waals surface area (Å²) in [5, 5.41) is 6.40. The van der Waals surface area contributed by atoms with E-state index in [4.69, 9.17) is 4.74 Å².